The third-order valence-corrected chi connectivity index (χ3v) is 3.50. The van der Waals surface area contributed by atoms with Gasteiger partial charge in [0.1, 0.15) is 0 Å². The van der Waals surface area contributed by atoms with E-state index in [2.05, 4.69) is 22.4 Å². The Morgan fingerprint density at radius 3 is 2.68 bits per heavy atom. The minimum Gasteiger partial charge on any atom is -0.409 e. The Balaban J connectivity index is 1.70. The van der Waals surface area contributed by atoms with Crippen molar-refractivity contribution in [3.05, 3.63) is 35.4 Å². The molecule has 1 aliphatic carbocycles. The molecule has 0 heterocycles. The van der Waals surface area contributed by atoms with Crippen LogP contribution in [-0.2, 0) is 6.54 Å². The van der Waals surface area contributed by atoms with Crippen LogP contribution in [0.5, 0.6) is 0 Å². The first kappa shape index (κ1) is 13.8. The summed E-state index contributed by atoms with van der Waals surface area (Å²) in [7, 11) is 2.19. The molecule has 0 aliphatic heterocycles. The molecule has 4 N–H and O–H groups in total. The number of rotatable bonds is 7. The smallest absolute Gasteiger partial charge is 0.170 e. The monoisotopic (exact) mass is 262 g/mol. The Morgan fingerprint density at radius 1 is 1.42 bits per heavy atom. The normalized spacial score (nSPS) is 16.0. The molecule has 0 aromatic heterocycles. The number of likely N-dealkylation sites (N-methyl/N-ethyl adjacent to an activating group) is 1. The highest BCUT2D eigenvalue weighted by Crippen LogP contribution is 2.24. The Morgan fingerprint density at radius 2 is 2.11 bits per heavy atom. The van der Waals surface area contributed by atoms with Crippen molar-refractivity contribution in [2.45, 2.75) is 25.4 Å². The van der Waals surface area contributed by atoms with Gasteiger partial charge in [0.15, 0.2) is 5.84 Å². The number of nitrogens with one attached hydrogen (secondary N) is 1. The van der Waals surface area contributed by atoms with Crippen LogP contribution in [0.3, 0.4) is 0 Å². The molecule has 1 saturated carbocycles. The molecule has 0 atom stereocenters. The Hall–Kier alpha value is -1.59. The Bertz CT molecular complexity index is 426. The van der Waals surface area contributed by atoms with Crippen LogP contribution in [0.2, 0.25) is 0 Å². The zero-order valence-corrected chi connectivity index (χ0v) is 11.3. The van der Waals surface area contributed by atoms with E-state index in [0.717, 1.165) is 31.2 Å². The second-order valence-corrected chi connectivity index (χ2v) is 5.07. The molecule has 1 fully saturated rings. The van der Waals surface area contributed by atoms with E-state index < -0.39 is 0 Å². The maximum absolute atomic E-state index is 8.58. The first-order chi connectivity index (χ1) is 9.20. The molecule has 5 nitrogen and oxygen atoms in total. The molecule has 0 spiro atoms. The molecule has 1 aromatic rings. The second-order valence-electron chi connectivity index (χ2n) is 5.07. The van der Waals surface area contributed by atoms with Gasteiger partial charge in [-0.05, 0) is 25.5 Å². The molecule has 5 heteroatoms. The molecular weight excluding hydrogens is 240 g/mol. The highest BCUT2D eigenvalue weighted by atomic mass is 16.4. The standard InChI is InChI=1S/C14H22N4O/c1-18(13-6-7-13)9-8-16-10-11-2-4-12(5-3-11)14(15)17-19/h2-5,13,16,19H,6-10H2,1H3,(H2,15,17). The Labute approximate surface area is 114 Å². The minimum atomic E-state index is 0.144. The number of oxime groups is 1. The summed E-state index contributed by atoms with van der Waals surface area (Å²) in [4.78, 5) is 2.41. The largest absolute Gasteiger partial charge is 0.409 e. The van der Waals surface area contributed by atoms with Gasteiger partial charge in [0.05, 0.1) is 0 Å². The summed E-state index contributed by atoms with van der Waals surface area (Å²) >= 11 is 0. The fourth-order valence-electron chi connectivity index (χ4n) is 2.04. The summed E-state index contributed by atoms with van der Waals surface area (Å²) in [5.74, 6) is 0.144. The van der Waals surface area contributed by atoms with Crippen molar-refractivity contribution in [3.8, 4) is 0 Å². The van der Waals surface area contributed by atoms with Crippen molar-refractivity contribution in [2.75, 3.05) is 20.1 Å². The van der Waals surface area contributed by atoms with Crippen LogP contribution in [0.1, 0.15) is 24.0 Å². The predicted octanol–water partition coefficient (Wildman–Crippen LogP) is 0.965. The van der Waals surface area contributed by atoms with E-state index in [1.807, 2.05) is 24.3 Å². The topological polar surface area (TPSA) is 73.9 Å². The summed E-state index contributed by atoms with van der Waals surface area (Å²) < 4.78 is 0. The van der Waals surface area contributed by atoms with E-state index in [1.165, 1.54) is 18.4 Å². The van der Waals surface area contributed by atoms with Crippen LogP contribution in [-0.4, -0.2) is 42.1 Å². The molecule has 1 aliphatic rings. The van der Waals surface area contributed by atoms with Gasteiger partial charge in [0, 0.05) is 31.2 Å². The number of nitrogens with zero attached hydrogens (tertiary/aromatic N) is 2. The molecule has 2 rings (SSSR count). The van der Waals surface area contributed by atoms with Gasteiger partial charge < -0.3 is 21.2 Å². The Kier molecular flexibility index (Phi) is 4.76. The van der Waals surface area contributed by atoms with Gasteiger partial charge in [0.25, 0.3) is 0 Å². The highest BCUT2D eigenvalue weighted by molar-refractivity contribution is 5.96. The third kappa shape index (κ3) is 4.22. The summed E-state index contributed by atoms with van der Waals surface area (Å²) in [6, 6.07) is 8.53. The fraction of sp³-hybridized carbons (Fsp3) is 0.500. The van der Waals surface area contributed by atoms with Crippen molar-refractivity contribution in [1.29, 1.82) is 0 Å². The van der Waals surface area contributed by atoms with Crippen LogP contribution in [0.15, 0.2) is 29.4 Å². The van der Waals surface area contributed by atoms with Crippen molar-refractivity contribution < 1.29 is 5.21 Å². The van der Waals surface area contributed by atoms with Gasteiger partial charge in [-0.1, -0.05) is 29.4 Å². The predicted molar refractivity (Wildman–Crippen MR) is 76.3 cm³/mol. The molecule has 0 radical (unpaired) electrons. The van der Waals surface area contributed by atoms with E-state index in [0.29, 0.717) is 0 Å². The van der Waals surface area contributed by atoms with Gasteiger partial charge in [-0.25, -0.2) is 0 Å². The SMILES string of the molecule is CN(CCNCc1ccc(C(N)=NO)cc1)C1CC1. The fourth-order valence-corrected chi connectivity index (χ4v) is 2.04. The second kappa shape index (κ2) is 6.54. The van der Waals surface area contributed by atoms with Gasteiger partial charge in [-0.15, -0.1) is 0 Å². The van der Waals surface area contributed by atoms with Crippen molar-refractivity contribution in [2.24, 2.45) is 10.9 Å². The van der Waals surface area contributed by atoms with Gasteiger partial charge in [-0.2, -0.15) is 0 Å². The number of amidine groups is 1. The number of hydrogen-bond donors (Lipinski definition) is 3. The van der Waals surface area contributed by atoms with Crippen molar-refractivity contribution in [1.82, 2.24) is 10.2 Å². The molecule has 19 heavy (non-hydrogen) atoms. The van der Waals surface area contributed by atoms with Gasteiger partial charge in [-0.3, -0.25) is 0 Å². The highest BCUT2D eigenvalue weighted by Gasteiger charge is 2.25. The number of benzene rings is 1. The maximum Gasteiger partial charge on any atom is 0.170 e. The molecule has 0 bridgehead atoms. The molecule has 104 valence electrons. The van der Waals surface area contributed by atoms with E-state index >= 15 is 0 Å². The number of nitrogens with two attached hydrogens (primary N) is 1. The maximum atomic E-state index is 8.58. The lowest BCUT2D eigenvalue weighted by Crippen LogP contribution is -2.30. The average Bonchev–Trinajstić information content (AvgIpc) is 3.27. The average molecular weight is 262 g/mol. The quantitative estimate of drug-likeness (QED) is 0.225. The molecule has 0 unspecified atom stereocenters. The lowest BCUT2D eigenvalue weighted by atomic mass is 10.1. The van der Waals surface area contributed by atoms with Crippen molar-refractivity contribution >= 4 is 5.84 Å². The van der Waals surface area contributed by atoms with Gasteiger partial charge >= 0.3 is 0 Å². The summed E-state index contributed by atoms with van der Waals surface area (Å²) in [6.45, 7) is 2.93. The zero-order valence-electron chi connectivity index (χ0n) is 11.3. The summed E-state index contributed by atoms with van der Waals surface area (Å²) in [5.41, 5.74) is 7.45. The first-order valence-electron chi connectivity index (χ1n) is 6.68. The summed E-state index contributed by atoms with van der Waals surface area (Å²) in [6.07, 6.45) is 2.71. The minimum absolute atomic E-state index is 0.144. The first-order valence-corrected chi connectivity index (χ1v) is 6.68. The molecule has 0 saturated heterocycles. The van der Waals surface area contributed by atoms with Gasteiger partial charge in [0.2, 0.25) is 0 Å². The van der Waals surface area contributed by atoms with Crippen molar-refractivity contribution in [3.63, 3.8) is 0 Å². The zero-order chi connectivity index (χ0) is 13.7. The van der Waals surface area contributed by atoms with Crippen LogP contribution in [0.25, 0.3) is 0 Å². The number of hydrogen-bond acceptors (Lipinski definition) is 4. The summed E-state index contributed by atoms with van der Waals surface area (Å²) in [5, 5.41) is 15.0. The van der Waals surface area contributed by atoms with E-state index in [9.17, 15) is 0 Å². The lowest BCUT2D eigenvalue weighted by molar-refractivity contribution is 0.318. The molecule has 0 amide bonds. The van der Waals surface area contributed by atoms with E-state index in [4.69, 9.17) is 10.9 Å². The van der Waals surface area contributed by atoms with Crippen LogP contribution in [0.4, 0.5) is 0 Å². The molecule has 1 aromatic carbocycles. The van der Waals surface area contributed by atoms with Crippen LogP contribution in [0, 0.1) is 0 Å². The third-order valence-electron chi connectivity index (χ3n) is 3.50. The molecular formula is C14H22N4O. The lowest BCUT2D eigenvalue weighted by Gasteiger charge is -2.15. The van der Waals surface area contributed by atoms with E-state index in [1.54, 1.807) is 0 Å². The van der Waals surface area contributed by atoms with Crippen LogP contribution >= 0.6 is 0 Å². The van der Waals surface area contributed by atoms with E-state index in [-0.39, 0.29) is 5.84 Å². The van der Waals surface area contributed by atoms with Crippen LogP contribution < -0.4 is 11.1 Å².